The number of aliphatic hydroxyl groups is 2. The van der Waals surface area contributed by atoms with Gasteiger partial charge in [0.15, 0.2) is 5.78 Å². The van der Waals surface area contributed by atoms with E-state index in [-0.39, 0.29) is 34.4 Å². The number of carbonyl (C=O) groups excluding carboxylic acids is 2. The van der Waals surface area contributed by atoms with Crippen molar-refractivity contribution in [2.75, 3.05) is 0 Å². The molecule has 2 fully saturated rings. The van der Waals surface area contributed by atoms with Crippen LogP contribution in [0.3, 0.4) is 0 Å². The first-order valence-electron chi connectivity index (χ1n) is 21.3. The first kappa shape index (κ1) is 39.7. The number of Topliss-reactive ketones (excluding diaryl/α,β-unsaturated/α-hetero) is 1. The molecule has 6 aliphatic rings. The molecule has 2 saturated carbocycles. The van der Waals surface area contributed by atoms with E-state index in [0.29, 0.717) is 35.0 Å². The number of aliphatic hydroxyl groups excluding tert-OH is 2. The molecule has 1 amide bonds. The average molecular weight is 803 g/mol. The summed E-state index contributed by atoms with van der Waals surface area (Å²) in [6.07, 6.45) is 11.2. The van der Waals surface area contributed by atoms with E-state index >= 15 is 0 Å². The lowest BCUT2D eigenvalue weighted by atomic mass is 9.40. The van der Waals surface area contributed by atoms with Gasteiger partial charge in [0.05, 0.1) is 34.5 Å². The predicted octanol–water partition coefficient (Wildman–Crippen LogP) is 10.1. The van der Waals surface area contributed by atoms with Crippen LogP contribution in [0.15, 0.2) is 72.4 Å². The van der Waals surface area contributed by atoms with Crippen molar-refractivity contribution < 1.29 is 24.5 Å². The highest BCUT2D eigenvalue weighted by Crippen LogP contribution is 2.71. The molecule has 0 radical (unpaired) electrons. The summed E-state index contributed by atoms with van der Waals surface area (Å²) >= 11 is 6.03. The maximum Gasteiger partial charge on any atom is 0.247 e. The van der Waals surface area contributed by atoms with Crippen molar-refractivity contribution >= 4 is 39.8 Å². The Morgan fingerprint density at radius 3 is 2.45 bits per heavy atom. The lowest BCUT2D eigenvalue weighted by molar-refractivity contribution is -0.144. The molecule has 2 aromatic carbocycles. The summed E-state index contributed by atoms with van der Waals surface area (Å²) in [5.41, 5.74) is 7.20. The molecule has 2 aliphatic heterocycles. The molecule has 2 unspecified atom stereocenters. The zero-order chi connectivity index (χ0) is 41.6. The predicted molar refractivity (Wildman–Crippen MR) is 231 cm³/mol. The van der Waals surface area contributed by atoms with Crippen molar-refractivity contribution in [1.82, 2.24) is 9.88 Å². The Hall–Kier alpha value is -3.75. The highest BCUT2D eigenvalue weighted by molar-refractivity contribution is 6.30. The number of nitrogens with one attached hydrogen (secondary N) is 1. The van der Waals surface area contributed by atoms with E-state index < -0.39 is 34.9 Å². The van der Waals surface area contributed by atoms with Crippen LogP contribution in [-0.4, -0.2) is 43.8 Å². The van der Waals surface area contributed by atoms with Gasteiger partial charge in [0.2, 0.25) is 5.91 Å². The SMILES string of the molecule is C=C(C)[C@H]1C(=O)c2c3c(cc4c5c(n1c24)[C@@]1(C)C(CC[C@H]2[C@](C)(/C=C/C=C(\C)C(=O)NCc4ccc(Cl)cc4)[C@@H](O)CC[C@@]21C)C5)C1=CC(C)(C)OC(C)(C)C1[C@@H]3O. The average Bonchev–Trinajstić information content (AvgIpc) is 3.82. The van der Waals surface area contributed by atoms with E-state index in [9.17, 15) is 19.8 Å². The van der Waals surface area contributed by atoms with Crippen LogP contribution in [0.2, 0.25) is 5.02 Å². The molecular formula is C50H59ClN2O5. The van der Waals surface area contributed by atoms with Gasteiger partial charge in [-0.3, -0.25) is 9.59 Å². The van der Waals surface area contributed by atoms with Gasteiger partial charge in [0, 0.05) is 50.5 Å². The van der Waals surface area contributed by atoms with Crippen molar-refractivity contribution in [3.8, 4) is 0 Å². The summed E-state index contributed by atoms with van der Waals surface area (Å²) in [6, 6.07) is 9.21. The Kier molecular flexibility index (Phi) is 8.81. The van der Waals surface area contributed by atoms with E-state index in [0.717, 1.165) is 64.4 Å². The van der Waals surface area contributed by atoms with Crippen LogP contribution in [-0.2, 0) is 27.9 Å². The Bertz CT molecular complexity index is 2410. The summed E-state index contributed by atoms with van der Waals surface area (Å²) in [5, 5.41) is 28.9. The molecule has 58 heavy (non-hydrogen) atoms. The van der Waals surface area contributed by atoms with Crippen LogP contribution in [0, 0.1) is 28.6 Å². The fourth-order valence-electron chi connectivity index (χ4n) is 13.5. The summed E-state index contributed by atoms with van der Waals surface area (Å²) in [6.45, 7) is 24.0. The molecule has 3 aromatic rings. The van der Waals surface area contributed by atoms with Crippen molar-refractivity contribution in [2.45, 2.75) is 136 Å². The number of fused-ring (bicyclic) bond motifs is 11. The summed E-state index contributed by atoms with van der Waals surface area (Å²) < 4.78 is 8.91. The smallest absolute Gasteiger partial charge is 0.247 e. The molecule has 0 bridgehead atoms. The Morgan fingerprint density at radius 1 is 1.05 bits per heavy atom. The lowest BCUT2D eigenvalue weighted by Gasteiger charge is -2.64. The summed E-state index contributed by atoms with van der Waals surface area (Å²) in [7, 11) is 0. The minimum absolute atomic E-state index is 0.0270. The Morgan fingerprint density at radius 2 is 1.76 bits per heavy atom. The second-order valence-corrected chi connectivity index (χ2v) is 20.8. The summed E-state index contributed by atoms with van der Waals surface area (Å²) in [5.74, 6) is 0.129. The van der Waals surface area contributed by atoms with Gasteiger partial charge in [-0.2, -0.15) is 0 Å². The molecule has 3 N–H and O–H groups in total. The van der Waals surface area contributed by atoms with Crippen LogP contribution >= 0.6 is 11.6 Å². The number of hydrogen-bond acceptors (Lipinski definition) is 5. The molecule has 1 aromatic heterocycles. The van der Waals surface area contributed by atoms with Gasteiger partial charge in [0.1, 0.15) is 6.04 Å². The molecule has 8 heteroatoms. The van der Waals surface area contributed by atoms with E-state index in [4.69, 9.17) is 16.3 Å². The Balaban J connectivity index is 1.12. The molecule has 3 heterocycles. The number of nitrogens with zero attached hydrogens (tertiary/aromatic N) is 1. The van der Waals surface area contributed by atoms with Crippen LogP contribution < -0.4 is 5.32 Å². The van der Waals surface area contributed by atoms with Crippen LogP contribution in [0.1, 0.15) is 138 Å². The van der Waals surface area contributed by atoms with Crippen molar-refractivity contribution in [2.24, 2.45) is 28.6 Å². The fourth-order valence-corrected chi connectivity index (χ4v) is 13.6. The molecule has 4 aliphatic carbocycles. The third-order valence-electron chi connectivity index (χ3n) is 16.1. The zero-order valence-corrected chi connectivity index (χ0v) is 36.3. The Labute approximate surface area is 348 Å². The summed E-state index contributed by atoms with van der Waals surface area (Å²) in [4.78, 5) is 28.0. The van der Waals surface area contributed by atoms with Gasteiger partial charge >= 0.3 is 0 Å². The highest BCUT2D eigenvalue weighted by Gasteiger charge is 2.67. The van der Waals surface area contributed by atoms with Crippen molar-refractivity contribution in [3.63, 3.8) is 0 Å². The quantitative estimate of drug-likeness (QED) is 0.131. The lowest BCUT2D eigenvalue weighted by Crippen LogP contribution is -2.62. The van der Waals surface area contributed by atoms with Crippen LogP contribution in [0.25, 0.3) is 16.5 Å². The van der Waals surface area contributed by atoms with Gasteiger partial charge in [-0.15, -0.1) is 0 Å². The molecule has 9 rings (SSSR count). The number of ether oxygens (including phenoxy) is 1. The van der Waals surface area contributed by atoms with Crippen molar-refractivity contribution in [3.05, 3.63) is 111 Å². The number of halogens is 1. The van der Waals surface area contributed by atoms with Gasteiger partial charge in [-0.05, 0) is 137 Å². The second-order valence-electron chi connectivity index (χ2n) is 20.3. The molecular weight excluding hydrogens is 744 g/mol. The second kappa shape index (κ2) is 12.9. The van der Waals surface area contributed by atoms with Gasteiger partial charge in [-0.25, -0.2) is 0 Å². The zero-order valence-electron chi connectivity index (χ0n) is 35.6. The highest BCUT2D eigenvalue weighted by atomic mass is 35.5. The topological polar surface area (TPSA) is 101 Å². The largest absolute Gasteiger partial charge is 0.392 e. The number of amides is 1. The van der Waals surface area contributed by atoms with E-state index in [2.05, 4.69) is 83.1 Å². The van der Waals surface area contributed by atoms with Gasteiger partial charge < -0.3 is 24.8 Å². The van der Waals surface area contributed by atoms with Crippen LogP contribution in [0.5, 0.6) is 0 Å². The van der Waals surface area contributed by atoms with Crippen LogP contribution in [0.4, 0.5) is 0 Å². The number of carbonyl (C=O) groups is 2. The van der Waals surface area contributed by atoms with E-state index in [1.807, 2.05) is 50.3 Å². The number of hydrogen-bond donors (Lipinski definition) is 3. The molecule has 306 valence electrons. The van der Waals surface area contributed by atoms with Gasteiger partial charge in [-0.1, -0.05) is 74.9 Å². The standard InChI is InChI=1S/C50H59ClN2O5/c1-26(2)40-43(56)38-37-31(34-24-46(4,5)58-47(6,7)39(34)42(37)55)23-32-33-22-29-15-18-35-48(8,20-11-12-27(3)45(57)52-25-28-13-16-30(51)17-14-28)36(54)19-21-49(35,9)50(29,10)44(33)53(40)41(32)38/h11-14,16-17,20,23-24,29,35-36,39-40,42,54-55H,1,15,18-19,21-22,25H2,2-10H3,(H,52,57)/b20-11+,27-12+/t29?,35-,36-,39?,40-,42+,48-,49-,50+/m0/s1. The molecule has 0 saturated heterocycles. The van der Waals surface area contributed by atoms with Crippen molar-refractivity contribution in [1.29, 1.82) is 0 Å². The number of allylic oxidation sites excluding steroid dienone is 3. The monoisotopic (exact) mass is 802 g/mol. The van der Waals surface area contributed by atoms with E-state index in [1.54, 1.807) is 0 Å². The number of rotatable bonds is 6. The molecule has 7 nitrogen and oxygen atoms in total. The fraction of sp³-hybridized carbons (Fsp3) is 0.520. The number of aromatic nitrogens is 1. The maximum atomic E-state index is 15.0. The minimum atomic E-state index is -0.864. The van der Waals surface area contributed by atoms with Gasteiger partial charge in [0.25, 0.3) is 0 Å². The van der Waals surface area contributed by atoms with E-state index in [1.165, 1.54) is 11.3 Å². The minimum Gasteiger partial charge on any atom is -0.392 e. The first-order chi connectivity index (χ1) is 27.2. The number of benzene rings is 2. The molecule has 9 atom stereocenters. The maximum absolute atomic E-state index is 15.0. The molecule has 0 spiro atoms. The third kappa shape index (κ3) is 5.28. The normalized spacial score (nSPS) is 35.3. The first-order valence-corrected chi connectivity index (χ1v) is 21.7. The number of ketones is 1. The third-order valence-corrected chi connectivity index (χ3v) is 16.4.